The molecule has 0 radical (unpaired) electrons. The number of halogens is 1. The van der Waals surface area contributed by atoms with Crippen LogP contribution in [0.3, 0.4) is 0 Å². The van der Waals surface area contributed by atoms with Crippen LogP contribution in [0, 0.1) is 5.82 Å². The molecule has 5 heteroatoms. The van der Waals surface area contributed by atoms with Crippen molar-refractivity contribution in [3.63, 3.8) is 0 Å². The first-order valence-electron chi connectivity index (χ1n) is 7.77. The molecule has 0 spiro atoms. The Morgan fingerprint density at radius 1 is 0.880 bits per heavy atom. The fourth-order valence-corrected chi connectivity index (χ4v) is 3.19. The first kappa shape index (κ1) is 17.2. The Hall–Kier alpha value is -2.66. The van der Waals surface area contributed by atoms with Crippen molar-refractivity contribution in [1.82, 2.24) is 0 Å². The third-order valence-electron chi connectivity index (χ3n) is 3.70. The van der Waals surface area contributed by atoms with Crippen LogP contribution in [-0.2, 0) is 4.79 Å². The molecular formula is C20H16FNO2S. The van der Waals surface area contributed by atoms with E-state index in [-0.39, 0.29) is 29.0 Å². The van der Waals surface area contributed by atoms with Gasteiger partial charge in [-0.25, -0.2) is 4.39 Å². The molecule has 0 saturated carbocycles. The fraction of sp³-hybridized carbons (Fsp3) is 0.100. The first-order valence-corrected chi connectivity index (χ1v) is 8.93. The van der Waals surface area contributed by atoms with Gasteiger partial charge in [0.05, 0.1) is 11.5 Å². The van der Waals surface area contributed by atoms with Gasteiger partial charge >= 0.3 is 0 Å². The van der Waals surface area contributed by atoms with Gasteiger partial charge in [0.1, 0.15) is 5.82 Å². The lowest BCUT2D eigenvalue weighted by molar-refractivity contribution is -0.113. The van der Waals surface area contributed by atoms with Crippen LogP contribution >= 0.6 is 11.8 Å². The first-order chi connectivity index (χ1) is 12.1. The number of anilines is 1. The number of rotatable bonds is 6. The van der Waals surface area contributed by atoms with E-state index in [0.717, 1.165) is 16.5 Å². The van der Waals surface area contributed by atoms with E-state index in [4.69, 9.17) is 0 Å². The molecule has 0 heterocycles. The second-order valence-electron chi connectivity index (χ2n) is 5.50. The minimum absolute atomic E-state index is 0.122. The Labute approximate surface area is 149 Å². The second kappa shape index (κ2) is 7.94. The number of fused-ring (bicyclic) bond motifs is 1. The molecule has 3 aromatic carbocycles. The third-order valence-corrected chi connectivity index (χ3v) is 4.63. The molecular weight excluding hydrogens is 337 g/mol. The highest BCUT2D eigenvalue weighted by atomic mass is 32.2. The number of amides is 1. The number of carbonyl (C=O) groups excluding carboxylic acids is 2. The molecule has 0 aromatic heterocycles. The van der Waals surface area contributed by atoms with Crippen LogP contribution in [0.4, 0.5) is 10.1 Å². The van der Waals surface area contributed by atoms with E-state index in [2.05, 4.69) is 5.32 Å². The van der Waals surface area contributed by atoms with Gasteiger partial charge in [0, 0.05) is 16.6 Å². The maximum absolute atomic E-state index is 12.9. The lowest BCUT2D eigenvalue weighted by atomic mass is 10.1. The smallest absolute Gasteiger partial charge is 0.234 e. The molecule has 1 amide bonds. The molecule has 0 bridgehead atoms. The number of benzene rings is 3. The normalized spacial score (nSPS) is 10.6. The number of thioether (sulfide) groups is 1. The fourth-order valence-electron chi connectivity index (χ4n) is 2.48. The molecule has 25 heavy (non-hydrogen) atoms. The number of nitrogens with one attached hydrogen (secondary N) is 1. The average Bonchev–Trinajstić information content (AvgIpc) is 2.62. The zero-order valence-electron chi connectivity index (χ0n) is 13.4. The summed E-state index contributed by atoms with van der Waals surface area (Å²) < 4.78 is 12.9. The highest BCUT2D eigenvalue weighted by Crippen LogP contribution is 2.23. The van der Waals surface area contributed by atoms with Crippen LogP contribution in [0.25, 0.3) is 10.8 Å². The largest absolute Gasteiger partial charge is 0.325 e. The minimum atomic E-state index is -0.376. The van der Waals surface area contributed by atoms with Gasteiger partial charge < -0.3 is 5.32 Å². The summed E-state index contributed by atoms with van der Waals surface area (Å²) in [7, 11) is 0. The van der Waals surface area contributed by atoms with Gasteiger partial charge in [-0.1, -0.05) is 36.4 Å². The van der Waals surface area contributed by atoms with Gasteiger partial charge in [-0.05, 0) is 35.7 Å². The third kappa shape index (κ3) is 4.45. The van der Waals surface area contributed by atoms with Gasteiger partial charge in [0.2, 0.25) is 5.91 Å². The van der Waals surface area contributed by atoms with E-state index in [9.17, 15) is 14.0 Å². The maximum atomic E-state index is 12.9. The van der Waals surface area contributed by atoms with Gasteiger partial charge in [-0.2, -0.15) is 0 Å². The summed E-state index contributed by atoms with van der Waals surface area (Å²) in [5, 5.41) is 4.92. The van der Waals surface area contributed by atoms with Gasteiger partial charge in [-0.15, -0.1) is 11.8 Å². The Morgan fingerprint density at radius 2 is 1.60 bits per heavy atom. The van der Waals surface area contributed by atoms with E-state index in [1.165, 1.54) is 36.0 Å². The molecule has 0 fully saturated rings. The van der Waals surface area contributed by atoms with Crippen molar-refractivity contribution in [2.45, 2.75) is 0 Å². The molecule has 126 valence electrons. The van der Waals surface area contributed by atoms with Crippen LogP contribution in [0.2, 0.25) is 0 Å². The molecule has 0 aliphatic rings. The van der Waals surface area contributed by atoms with Crippen molar-refractivity contribution in [1.29, 1.82) is 0 Å². The van der Waals surface area contributed by atoms with Crippen molar-refractivity contribution in [3.05, 3.63) is 78.1 Å². The summed E-state index contributed by atoms with van der Waals surface area (Å²) in [6, 6.07) is 19.0. The molecule has 1 N–H and O–H groups in total. The van der Waals surface area contributed by atoms with E-state index in [0.29, 0.717) is 5.56 Å². The predicted molar refractivity (Wildman–Crippen MR) is 101 cm³/mol. The van der Waals surface area contributed by atoms with E-state index < -0.39 is 0 Å². The predicted octanol–water partition coefficient (Wildman–Crippen LogP) is 4.53. The van der Waals surface area contributed by atoms with Crippen molar-refractivity contribution in [3.8, 4) is 0 Å². The SMILES string of the molecule is O=C(CSCC(=O)c1ccc(F)cc1)Nc1cccc2ccccc12. The van der Waals surface area contributed by atoms with Gasteiger partial charge in [0.25, 0.3) is 0 Å². The topological polar surface area (TPSA) is 46.2 Å². The van der Waals surface area contributed by atoms with Crippen LogP contribution in [0.1, 0.15) is 10.4 Å². The Morgan fingerprint density at radius 3 is 2.40 bits per heavy atom. The monoisotopic (exact) mass is 353 g/mol. The number of ketones is 1. The van der Waals surface area contributed by atoms with E-state index in [1.54, 1.807) is 0 Å². The standard InChI is InChI=1S/C20H16FNO2S/c21-16-10-8-15(9-11-16)19(23)12-25-13-20(24)22-18-7-3-5-14-4-1-2-6-17(14)18/h1-11H,12-13H2,(H,22,24). The maximum Gasteiger partial charge on any atom is 0.234 e. The van der Waals surface area contributed by atoms with Crippen molar-refractivity contribution >= 4 is 39.9 Å². The number of hydrogen-bond donors (Lipinski definition) is 1. The second-order valence-corrected chi connectivity index (χ2v) is 6.48. The summed E-state index contributed by atoms with van der Waals surface area (Å²) in [4.78, 5) is 24.1. The molecule has 3 rings (SSSR count). The quantitative estimate of drug-likeness (QED) is 0.662. The molecule has 3 nitrogen and oxygen atoms in total. The van der Waals surface area contributed by atoms with Crippen molar-refractivity contribution in [2.75, 3.05) is 16.8 Å². The Balaban J connectivity index is 1.54. The highest BCUT2D eigenvalue weighted by Gasteiger charge is 2.09. The van der Waals surface area contributed by atoms with Gasteiger partial charge in [0.15, 0.2) is 5.78 Å². The summed E-state index contributed by atoms with van der Waals surface area (Å²) in [5.41, 5.74) is 1.21. The summed E-state index contributed by atoms with van der Waals surface area (Å²) in [6.07, 6.45) is 0. The summed E-state index contributed by atoms with van der Waals surface area (Å²) in [5.74, 6) is -0.306. The number of carbonyl (C=O) groups is 2. The Kier molecular flexibility index (Phi) is 5.46. The highest BCUT2D eigenvalue weighted by molar-refractivity contribution is 8.00. The van der Waals surface area contributed by atoms with Gasteiger partial charge in [-0.3, -0.25) is 9.59 Å². The minimum Gasteiger partial charge on any atom is -0.325 e. The molecule has 3 aromatic rings. The van der Waals surface area contributed by atoms with Crippen LogP contribution in [-0.4, -0.2) is 23.2 Å². The summed E-state index contributed by atoms with van der Waals surface area (Å²) in [6.45, 7) is 0. The van der Waals surface area contributed by atoms with E-state index in [1.807, 2.05) is 42.5 Å². The Bertz CT molecular complexity index is 904. The number of hydrogen-bond acceptors (Lipinski definition) is 3. The lowest BCUT2D eigenvalue weighted by Crippen LogP contribution is -2.15. The van der Waals surface area contributed by atoms with Crippen LogP contribution < -0.4 is 5.32 Å². The zero-order chi connectivity index (χ0) is 17.6. The van der Waals surface area contributed by atoms with Crippen LogP contribution in [0.5, 0.6) is 0 Å². The van der Waals surface area contributed by atoms with Crippen molar-refractivity contribution in [2.24, 2.45) is 0 Å². The molecule has 0 saturated heterocycles. The summed E-state index contributed by atoms with van der Waals surface area (Å²) >= 11 is 1.24. The molecule has 0 aliphatic carbocycles. The zero-order valence-corrected chi connectivity index (χ0v) is 14.2. The average molecular weight is 353 g/mol. The molecule has 0 atom stereocenters. The van der Waals surface area contributed by atoms with Crippen LogP contribution in [0.15, 0.2) is 66.7 Å². The van der Waals surface area contributed by atoms with E-state index >= 15 is 0 Å². The number of Topliss-reactive ketones (excluding diaryl/α,β-unsaturated/α-hetero) is 1. The molecule has 0 aliphatic heterocycles. The van der Waals surface area contributed by atoms with Crippen molar-refractivity contribution < 1.29 is 14.0 Å². The molecule has 0 unspecified atom stereocenters. The lowest BCUT2D eigenvalue weighted by Gasteiger charge is -2.08.